The summed E-state index contributed by atoms with van der Waals surface area (Å²) in [7, 11) is 0. The van der Waals surface area contributed by atoms with Crippen LogP contribution in [0.5, 0.6) is 0 Å². The first-order chi connectivity index (χ1) is 9.10. The highest BCUT2D eigenvalue weighted by Gasteiger charge is 2.09. The Balaban J connectivity index is 2.10. The van der Waals surface area contributed by atoms with E-state index in [0.29, 0.717) is 11.0 Å². The number of hydrogen-bond donors (Lipinski definition) is 1. The Morgan fingerprint density at radius 1 is 1.16 bits per heavy atom. The molecule has 2 rings (SSSR count). The second kappa shape index (κ2) is 6.39. The molecule has 0 unspecified atom stereocenters. The van der Waals surface area contributed by atoms with Crippen molar-refractivity contribution < 1.29 is 8.78 Å². The highest BCUT2D eigenvalue weighted by Crippen LogP contribution is 2.27. The molecule has 5 heteroatoms. The molecule has 0 fully saturated rings. The number of nitrogens with one attached hydrogen (secondary N) is 1. The Labute approximate surface area is 123 Å². The van der Waals surface area contributed by atoms with Crippen molar-refractivity contribution in [1.82, 2.24) is 0 Å². The Kier molecular flexibility index (Phi) is 4.82. The summed E-state index contributed by atoms with van der Waals surface area (Å²) in [4.78, 5) is 1.18. The zero-order valence-electron chi connectivity index (χ0n) is 10.2. The Hall–Kier alpha value is -1.07. The van der Waals surface area contributed by atoms with Gasteiger partial charge in [0.1, 0.15) is 11.6 Å². The molecule has 0 saturated carbocycles. The monoisotopic (exact) mass is 343 g/mol. The number of thioether (sulfide) groups is 1. The van der Waals surface area contributed by atoms with Gasteiger partial charge in [-0.15, -0.1) is 11.8 Å². The highest BCUT2D eigenvalue weighted by molar-refractivity contribution is 9.10. The first-order valence-corrected chi connectivity index (χ1v) is 7.63. The van der Waals surface area contributed by atoms with E-state index in [1.165, 1.54) is 11.0 Å². The third kappa shape index (κ3) is 3.70. The van der Waals surface area contributed by atoms with Gasteiger partial charge in [0.2, 0.25) is 0 Å². The fourth-order valence-corrected chi connectivity index (χ4v) is 2.60. The predicted octanol–water partition coefficient (Wildman–Crippen LogP) is 5.06. The lowest BCUT2D eigenvalue weighted by Crippen LogP contribution is -2.02. The maximum atomic E-state index is 13.6. The second-order valence-electron chi connectivity index (χ2n) is 3.95. The maximum Gasteiger partial charge on any atom is 0.150 e. The molecule has 0 radical (unpaired) electrons. The van der Waals surface area contributed by atoms with E-state index in [1.54, 1.807) is 11.8 Å². The number of benzene rings is 2. The number of rotatable bonds is 4. The SMILES string of the molecule is CSc1ccc(CNc2c(F)cc(F)cc2Br)cc1. The standard InChI is InChI=1S/C14H12BrF2NS/c1-19-11-4-2-9(3-5-11)8-18-14-12(15)6-10(16)7-13(14)17/h2-7,18H,8H2,1H3. The van der Waals surface area contributed by atoms with Gasteiger partial charge in [0.15, 0.2) is 0 Å². The van der Waals surface area contributed by atoms with Crippen molar-refractivity contribution in [3.05, 3.63) is 58.1 Å². The molecule has 0 atom stereocenters. The molecular formula is C14H12BrF2NS. The van der Waals surface area contributed by atoms with Crippen LogP contribution in [-0.2, 0) is 6.54 Å². The Morgan fingerprint density at radius 2 is 1.84 bits per heavy atom. The molecule has 0 amide bonds. The lowest BCUT2D eigenvalue weighted by Gasteiger charge is -2.10. The van der Waals surface area contributed by atoms with Crippen molar-refractivity contribution in [2.24, 2.45) is 0 Å². The van der Waals surface area contributed by atoms with Crippen molar-refractivity contribution >= 4 is 33.4 Å². The van der Waals surface area contributed by atoms with Gasteiger partial charge < -0.3 is 5.32 Å². The summed E-state index contributed by atoms with van der Waals surface area (Å²) in [6.07, 6.45) is 2.01. The van der Waals surface area contributed by atoms with Crippen molar-refractivity contribution in [2.45, 2.75) is 11.4 Å². The van der Waals surface area contributed by atoms with E-state index < -0.39 is 11.6 Å². The number of anilines is 1. The third-order valence-corrected chi connectivity index (χ3v) is 4.00. The van der Waals surface area contributed by atoms with Gasteiger partial charge >= 0.3 is 0 Å². The molecule has 100 valence electrons. The lowest BCUT2D eigenvalue weighted by atomic mass is 10.2. The number of hydrogen-bond acceptors (Lipinski definition) is 2. The van der Waals surface area contributed by atoms with E-state index in [9.17, 15) is 8.78 Å². The maximum absolute atomic E-state index is 13.6. The first-order valence-electron chi connectivity index (χ1n) is 5.61. The molecule has 0 spiro atoms. The van der Waals surface area contributed by atoms with Crippen LogP contribution in [0.1, 0.15) is 5.56 Å². The molecule has 0 bridgehead atoms. The lowest BCUT2D eigenvalue weighted by molar-refractivity contribution is 0.583. The molecule has 2 aromatic rings. The second-order valence-corrected chi connectivity index (χ2v) is 5.68. The van der Waals surface area contributed by atoms with Gasteiger partial charge in [-0.05, 0) is 45.9 Å². The average molecular weight is 344 g/mol. The van der Waals surface area contributed by atoms with E-state index in [0.717, 1.165) is 11.6 Å². The van der Waals surface area contributed by atoms with Gasteiger partial charge in [-0.25, -0.2) is 8.78 Å². The van der Waals surface area contributed by atoms with Crippen molar-refractivity contribution in [3.8, 4) is 0 Å². The molecule has 0 saturated heterocycles. The van der Waals surface area contributed by atoms with E-state index in [2.05, 4.69) is 21.2 Å². The van der Waals surface area contributed by atoms with Gasteiger partial charge in [-0.3, -0.25) is 0 Å². The van der Waals surface area contributed by atoms with E-state index >= 15 is 0 Å². The zero-order valence-corrected chi connectivity index (χ0v) is 12.6. The molecular weight excluding hydrogens is 332 g/mol. The van der Waals surface area contributed by atoms with Gasteiger partial charge in [0.25, 0.3) is 0 Å². The minimum atomic E-state index is -0.604. The van der Waals surface area contributed by atoms with Crippen LogP contribution in [0.15, 0.2) is 45.8 Å². The molecule has 2 aromatic carbocycles. The van der Waals surface area contributed by atoms with Crippen LogP contribution in [-0.4, -0.2) is 6.26 Å². The summed E-state index contributed by atoms with van der Waals surface area (Å²) in [6, 6.07) is 10.1. The first kappa shape index (κ1) is 14.3. The third-order valence-electron chi connectivity index (χ3n) is 2.64. The Morgan fingerprint density at radius 3 is 2.42 bits per heavy atom. The van der Waals surface area contributed by atoms with E-state index in [-0.39, 0.29) is 5.69 Å². The summed E-state index contributed by atoms with van der Waals surface area (Å²) in [5.41, 5.74) is 1.31. The van der Waals surface area contributed by atoms with Gasteiger partial charge in [0, 0.05) is 22.0 Å². The number of halogens is 3. The van der Waals surface area contributed by atoms with Crippen LogP contribution in [0.3, 0.4) is 0 Å². The Bertz CT molecular complexity index is 549. The van der Waals surface area contributed by atoms with Crippen LogP contribution in [0.4, 0.5) is 14.5 Å². The molecule has 0 heterocycles. The fraction of sp³-hybridized carbons (Fsp3) is 0.143. The molecule has 19 heavy (non-hydrogen) atoms. The zero-order chi connectivity index (χ0) is 13.8. The largest absolute Gasteiger partial charge is 0.378 e. The van der Waals surface area contributed by atoms with Gasteiger partial charge in [-0.1, -0.05) is 12.1 Å². The topological polar surface area (TPSA) is 12.0 Å². The quantitative estimate of drug-likeness (QED) is 0.778. The fourth-order valence-electron chi connectivity index (χ4n) is 1.64. The van der Waals surface area contributed by atoms with Gasteiger partial charge in [-0.2, -0.15) is 0 Å². The molecule has 0 aliphatic rings. The molecule has 0 aliphatic carbocycles. The summed E-state index contributed by atoms with van der Waals surface area (Å²) in [6.45, 7) is 0.482. The summed E-state index contributed by atoms with van der Waals surface area (Å²) in [5.74, 6) is -1.20. The van der Waals surface area contributed by atoms with E-state index in [4.69, 9.17) is 0 Å². The van der Waals surface area contributed by atoms with Crippen LogP contribution in [0.25, 0.3) is 0 Å². The van der Waals surface area contributed by atoms with Crippen LogP contribution in [0.2, 0.25) is 0 Å². The molecule has 0 aliphatic heterocycles. The molecule has 1 nitrogen and oxygen atoms in total. The summed E-state index contributed by atoms with van der Waals surface area (Å²) >= 11 is 4.82. The van der Waals surface area contributed by atoms with Crippen molar-refractivity contribution in [1.29, 1.82) is 0 Å². The summed E-state index contributed by atoms with van der Waals surface area (Å²) in [5, 5.41) is 2.97. The van der Waals surface area contributed by atoms with Gasteiger partial charge in [0.05, 0.1) is 5.69 Å². The minimum absolute atomic E-state index is 0.273. The summed E-state index contributed by atoms with van der Waals surface area (Å²) < 4.78 is 26.9. The average Bonchev–Trinajstić information content (AvgIpc) is 2.38. The smallest absolute Gasteiger partial charge is 0.150 e. The van der Waals surface area contributed by atoms with Crippen molar-refractivity contribution in [3.63, 3.8) is 0 Å². The minimum Gasteiger partial charge on any atom is -0.378 e. The highest BCUT2D eigenvalue weighted by atomic mass is 79.9. The van der Waals surface area contributed by atoms with E-state index in [1.807, 2.05) is 30.5 Å². The van der Waals surface area contributed by atoms with Crippen LogP contribution >= 0.6 is 27.7 Å². The van der Waals surface area contributed by atoms with Crippen LogP contribution < -0.4 is 5.32 Å². The van der Waals surface area contributed by atoms with Crippen molar-refractivity contribution in [2.75, 3.05) is 11.6 Å². The predicted molar refractivity (Wildman–Crippen MR) is 79.6 cm³/mol. The normalized spacial score (nSPS) is 10.5. The molecule has 0 aromatic heterocycles. The molecule has 1 N–H and O–H groups in total. The van der Waals surface area contributed by atoms with Crippen LogP contribution in [0, 0.1) is 11.6 Å².